The van der Waals surface area contributed by atoms with Crippen LogP contribution in [-0.4, -0.2) is 44.4 Å². The molecule has 0 bridgehead atoms. The van der Waals surface area contributed by atoms with Crippen LogP contribution in [0, 0.1) is 5.41 Å². The minimum Gasteiger partial charge on any atom is -0.497 e. The smallest absolute Gasteiger partial charge is 0.191 e. The second-order valence-electron chi connectivity index (χ2n) is 8.59. The molecule has 156 valence electrons. The van der Waals surface area contributed by atoms with Crippen LogP contribution in [0.5, 0.6) is 5.75 Å². The number of nitrogens with zero attached hydrogens (tertiary/aromatic N) is 1. The maximum Gasteiger partial charge on any atom is 0.191 e. The number of aliphatic imine (C=N–C) groups is 1. The van der Waals surface area contributed by atoms with Crippen LogP contribution < -0.4 is 15.4 Å². The van der Waals surface area contributed by atoms with E-state index in [0.29, 0.717) is 0 Å². The van der Waals surface area contributed by atoms with Gasteiger partial charge in [-0.3, -0.25) is 4.99 Å². The largest absolute Gasteiger partial charge is 0.497 e. The Labute approximate surface area is 170 Å². The van der Waals surface area contributed by atoms with Crippen molar-refractivity contribution in [3.63, 3.8) is 0 Å². The number of hydrogen-bond acceptors (Lipinski definition) is 3. The van der Waals surface area contributed by atoms with Gasteiger partial charge >= 0.3 is 0 Å². The number of guanidine groups is 1. The first-order valence-electron chi connectivity index (χ1n) is 10.9. The van der Waals surface area contributed by atoms with Crippen molar-refractivity contribution in [3.05, 3.63) is 29.8 Å². The lowest BCUT2D eigenvalue weighted by Crippen LogP contribution is -2.42. The lowest BCUT2D eigenvalue weighted by Gasteiger charge is -2.35. The molecule has 5 nitrogen and oxygen atoms in total. The molecule has 0 spiro atoms. The van der Waals surface area contributed by atoms with E-state index in [1.54, 1.807) is 7.11 Å². The number of ether oxygens (including phenoxy) is 1. The van der Waals surface area contributed by atoms with E-state index >= 15 is 0 Å². The molecule has 0 radical (unpaired) electrons. The summed E-state index contributed by atoms with van der Waals surface area (Å²) >= 11 is 0. The van der Waals surface area contributed by atoms with Crippen molar-refractivity contribution < 1.29 is 9.84 Å². The van der Waals surface area contributed by atoms with Crippen LogP contribution in [0.3, 0.4) is 0 Å². The number of aliphatic hydroxyl groups excluding tert-OH is 1. The van der Waals surface area contributed by atoms with Gasteiger partial charge in [0.25, 0.3) is 0 Å². The maximum absolute atomic E-state index is 9.55. The molecule has 0 atom stereocenters. The summed E-state index contributed by atoms with van der Waals surface area (Å²) in [5.74, 6) is 1.81. The first-order chi connectivity index (χ1) is 13.7. The topological polar surface area (TPSA) is 65.9 Å². The molecule has 1 aromatic carbocycles. The number of rotatable bonds is 9. The molecule has 3 rings (SSSR count). The average Bonchev–Trinajstić information content (AvgIpc) is 3.52. The molecule has 0 aliphatic heterocycles. The third kappa shape index (κ3) is 5.19. The first-order valence-corrected chi connectivity index (χ1v) is 10.9. The summed E-state index contributed by atoms with van der Waals surface area (Å²) in [5.41, 5.74) is 1.78. The minimum absolute atomic E-state index is 0.183. The van der Waals surface area contributed by atoms with E-state index in [1.807, 2.05) is 0 Å². The Morgan fingerprint density at radius 2 is 1.79 bits per heavy atom. The Kier molecular flexibility index (Phi) is 7.22. The van der Waals surface area contributed by atoms with Crippen LogP contribution in [-0.2, 0) is 5.41 Å². The van der Waals surface area contributed by atoms with Crippen molar-refractivity contribution in [2.75, 3.05) is 33.4 Å². The monoisotopic (exact) mass is 387 g/mol. The molecule has 0 unspecified atom stereocenters. The second-order valence-corrected chi connectivity index (χ2v) is 8.59. The fraction of sp³-hybridized carbons (Fsp3) is 0.696. The van der Waals surface area contributed by atoms with E-state index in [2.05, 4.69) is 41.8 Å². The van der Waals surface area contributed by atoms with Crippen molar-refractivity contribution in [2.45, 2.75) is 63.7 Å². The highest BCUT2D eigenvalue weighted by molar-refractivity contribution is 5.80. The third-order valence-electron chi connectivity index (χ3n) is 6.62. The summed E-state index contributed by atoms with van der Waals surface area (Å²) in [7, 11) is 1.71. The highest BCUT2D eigenvalue weighted by atomic mass is 16.5. The van der Waals surface area contributed by atoms with Crippen molar-refractivity contribution in [2.24, 2.45) is 10.4 Å². The first kappa shape index (κ1) is 21.0. The molecule has 1 aromatic rings. The summed E-state index contributed by atoms with van der Waals surface area (Å²) in [6, 6.07) is 8.48. The van der Waals surface area contributed by atoms with Gasteiger partial charge in [-0.15, -0.1) is 0 Å². The molecular weight excluding hydrogens is 350 g/mol. The van der Waals surface area contributed by atoms with Crippen molar-refractivity contribution in [3.8, 4) is 5.75 Å². The van der Waals surface area contributed by atoms with E-state index in [1.165, 1.54) is 50.5 Å². The summed E-state index contributed by atoms with van der Waals surface area (Å²) in [5, 5.41) is 16.5. The van der Waals surface area contributed by atoms with Gasteiger partial charge in [0.15, 0.2) is 5.96 Å². The van der Waals surface area contributed by atoms with Gasteiger partial charge in [-0.2, -0.15) is 0 Å². The number of aliphatic hydroxyl groups is 1. The van der Waals surface area contributed by atoms with Crippen molar-refractivity contribution in [1.29, 1.82) is 0 Å². The fourth-order valence-electron chi connectivity index (χ4n) is 4.53. The van der Waals surface area contributed by atoms with Crippen molar-refractivity contribution in [1.82, 2.24) is 10.6 Å². The molecule has 0 saturated heterocycles. The zero-order valence-corrected chi connectivity index (χ0v) is 17.6. The molecule has 2 fully saturated rings. The standard InChI is InChI=1S/C23H37N3O2/c1-3-24-21(25-17-22(15-16-27)11-5-4-6-12-22)26-18-23(13-14-23)19-7-9-20(28-2)10-8-19/h7-10,27H,3-6,11-18H2,1-2H3,(H2,24,25,26). The fourth-order valence-corrected chi connectivity index (χ4v) is 4.53. The van der Waals surface area contributed by atoms with Crippen LogP contribution in [0.4, 0.5) is 0 Å². The molecule has 0 amide bonds. The molecule has 2 saturated carbocycles. The molecule has 2 aliphatic carbocycles. The van der Waals surface area contributed by atoms with Gasteiger partial charge in [0, 0.05) is 31.7 Å². The molecule has 0 heterocycles. The Hall–Kier alpha value is -1.75. The predicted molar refractivity (Wildman–Crippen MR) is 115 cm³/mol. The predicted octanol–water partition coefficient (Wildman–Crippen LogP) is 3.61. The van der Waals surface area contributed by atoms with Gasteiger partial charge in [-0.25, -0.2) is 0 Å². The lowest BCUT2D eigenvalue weighted by molar-refractivity contribution is 0.137. The Bertz CT molecular complexity index is 626. The van der Waals surface area contributed by atoms with Crippen LogP contribution in [0.25, 0.3) is 0 Å². The maximum atomic E-state index is 9.55. The molecule has 28 heavy (non-hydrogen) atoms. The average molecular weight is 388 g/mol. The molecule has 0 aromatic heterocycles. The number of methoxy groups -OCH3 is 1. The van der Waals surface area contributed by atoms with E-state index in [9.17, 15) is 5.11 Å². The molecule has 3 N–H and O–H groups in total. The van der Waals surface area contributed by atoms with Gasteiger partial charge in [0.2, 0.25) is 0 Å². The molecular formula is C23H37N3O2. The molecule has 5 heteroatoms. The normalized spacial score (nSPS) is 20.5. The highest BCUT2D eigenvalue weighted by Crippen LogP contribution is 2.48. The van der Waals surface area contributed by atoms with Crippen LogP contribution in [0.2, 0.25) is 0 Å². The van der Waals surface area contributed by atoms with Crippen LogP contribution >= 0.6 is 0 Å². The zero-order valence-electron chi connectivity index (χ0n) is 17.6. The number of hydrogen-bond donors (Lipinski definition) is 3. The van der Waals surface area contributed by atoms with E-state index in [-0.39, 0.29) is 17.4 Å². The van der Waals surface area contributed by atoms with Crippen molar-refractivity contribution >= 4 is 5.96 Å². The molecule has 2 aliphatic rings. The van der Waals surface area contributed by atoms with Gasteiger partial charge in [0.1, 0.15) is 5.75 Å². The van der Waals surface area contributed by atoms with Crippen LogP contribution in [0.1, 0.15) is 63.9 Å². The number of benzene rings is 1. The SMILES string of the molecule is CCNC(=NCC1(CCO)CCCCC1)NCC1(c2ccc(OC)cc2)CC1. The highest BCUT2D eigenvalue weighted by Gasteiger charge is 2.44. The van der Waals surface area contributed by atoms with Gasteiger partial charge < -0.3 is 20.5 Å². The Balaban J connectivity index is 1.62. The third-order valence-corrected chi connectivity index (χ3v) is 6.62. The second kappa shape index (κ2) is 9.64. The van der Waals surface area contributed by atoms with Gasteiger partial charge in [0.05, 0.1) is 7.11 Å². The summed E-state index contributed by atoms with van der Waals surface area (Å²) in [6.07, 6.45) is 9.50. The summed E-state index contributed by atoms with van der Waals surface area (Å²) in [4.78, 5) is 4.94. The quantitative estimate of drug-likeness (QED) is 0.447. The van der Waals surface area contributed by atoms with Crippen LogP contribution in [0.15, 0.2) is 29.3 Å². The summed E-state index contributed by atoms with van der Waals surface area (Å²) in [6.45, 7) is 4.93. The van der Waals surface area contributed by atoms with E-state index in [4.69, 9.17) is 9.73 Å². The zero-order chi connectivity index (χ0) is 19.9. The summed E-state index contributed by atoms with van der Waals surface area (Å²) < 4.78 is 5.29. The Morgan fingerprint density at radius 3 is 2.36 bits per heavy atom. The van der Waals surface area contributed by atoms with Gasteiger partial charge in [-0.05, 0) is 62.1 Å². The minimum atomic E-state index is 0.183. The lowest BCUT2D eigenvalue weighted by atomic mass is 9.72. The Morgan fingerprint density at radius 1 is 1.07 bits per heavy atom. The van der Waals surface area contributed by atoms with E-state index in [0.717, 1.165) is 37.8 Å². The van der Waals surface area contributed by atoms with E-state index < -0.39 is 0 Å². The van der Waals surface area contributed by atoms with Gasteiger partial charge in [-0.1, -0.05) is 31.4 Å². The number of nitrogens with one attached hydrogen (secondary N) is 2.